The van der Waals surface area contributed by atoms with Crippen molar-refractivity contribution in [2.24, 2.45) is 5.14 Å². The van der Waals surface area contributed by atoms with Crippen LogP contribution in [0.1, 0.15) is 17.5 Å². The number of nitrogens with zero attached hydrogens (tertiary/aromatic N) is 4. The highest BCUT2D eigenvalue weighted by atomic mass is 32.2. The third-order valence-corrected chi connectivity index (χ3v) is 5.92. The van der Waals surface area contributed by atoms with Crippen LogP contribution in [0.2, 0.25) is 0 Å². The fourth-order valence-corrected chi connectivity index (χ4v) is 3.70. The van der Waals surface area contributed by atoms with Gasteiger partial charge in [0.05, 0.1) is 23.6 Å². The maximum Gasteiger partial charge on any atom is 0.238 e. The van der Waals surface area contributed by atoms with Gasteiger partial charge >= 0.3 is 0 Å². The van der Waals surface area contributed by atoms with Gasteiger partial charge in [0, 0.05) is 26.1 Å². The number of hydrogen-bond donors (Lipinski definition) is 1. The molecule has 2 aromatic rings. The lowest BCUT2D eigenvalue weighted by Crippen LogP contribution is -2.42. The Morgan fingerprint density at radius 2 is 1.50 bits per heavy atom. The molecule has 0 fully saturated rings. The Balaban J connectivity index is 1.97. The lowest BCUT2D eigenvalue weighted by Gasteiger charge is -2.25. The van der Waals surface area contributed by atoms with Crippen LogP contribution < -0.4 is 5.14 Å². The molecule has 8 nitrogen and oxygen atoms in total. The Hall–Kier alpha value is -3.24. The number of primary sulfonamides is 1. The van der Waals surface area contributed by atoms with Gasteiger partial charge in [0.15, 0.2) is 0 Å². The molecule has 2 N–H and O–H groups in total. The van der Waals surface area contributed by atoms with E-state index in [1.54, 1.807) is 12.1 Å². The Morgan fingerprint density at radius 3 is 2.09 bits per heavy atom. The Morgan fingerprint density at radius 1 is 0.875 bits per heavy atom. The summed E-state index contributed by atoms with van der Waals surface area (Å²) in [4.78, 5) is 16.3. The first kappa shape index (κ1) is 25.0. The first-order valence-electron chi connectivity index (χ1n) is 10.2. The van der Waals surface area contributed by atoms with Crippen LogP contribution in [0.5, 0.6) is 0 Å². The van der Waals surface area contributed by atoms with Crippen LogP contribution in [0, 0.1) is 22.7 Å². The van der Waals surface area contributed by atoms with Crippen LogP contribution in [-0.2, 0) is 27.7 Å². The molecular formula is C23H27N5O3S. The number of nitrogens with two attached hydrogens (primary N) is 1. The fourth-order valence-electron chi connectivity index (χ4n) is 3.19. The highest BCUT2D eigenvalue weighted by Gasteiger charge is 2.17. The predicted octanol–water partition coefficient (Wildman–Crippen LogP) is 1.69. The number of amides is 1. The van der Waals surface area contributed by atoms with Crippen molar-refractivity contribution in [3.05, 3.63) is 65.7 Å². The van der Waals surface area contributed by atoms with Gasteiger partial charge in [0.25, 0.3) is 0 Å². The maximum absolute atomic E-state index is 12.9. The number of sulfonamides is 1. The predicted molar refractivity (Wildman–Crippen MR) is 121 cm³/mol. The molecule has 0 unspecified atom stereocenters. The van der Waals surface area contributed by atoms with Crippen LogP contribution in [0.15, 0.2) is 59.5 Å². The normalized spacial score (nSPS) is 11.0. The van der Waals surface area contributed by atoms with Crippen LogP contribution in [0.25, 0.3) is 0 Å². The van der Waals surface area contributed by atoms with Gasteiger partial charge in [-0.3, -0.25) is 9.69 Å². The van der Waals surface area contributed by atoms with E-state index in [4.69, 9.17) is 15.7 Å². The summed E-state index contributed by atoms with van der Waals surface area (Å²) >= 11 is 0. The number of benzene rings is 2. The van der Waals surface area contributed by atoms with Crippen molar-refractivity contribution >= 4 is 15.9 Å². The van der Waals surface area contributed by atoms with E-state index in [0.29, 0.717) is 32.5 Å². The Bertz CT molecular complexity index is 1060. The van der Waals surface area contributed by atoms with Crippen LogP contribution in [0.3, 0.4) is 0 Å². The van der Waals surface area contributed by atoms with E-state index in [1.165, 1.54) is 17.0 Å². The van der Waals surface area contributed by atoms with E-state index in [-0.39, 0.29) is 23.9 Å². The van der Waals surface area contributed by atoms with E-state index in [1.807, 2.05) is 41.3 Å². The topological polar surface area (TPSA) is 131 Å². The largest absolute Gasteiger partial charge is 0.328 e. The van der Waals surface area contributed by atoms with Crippen molar-refractivity contribution in [3.63, 3.8) is 0 Å². The second-order valence-electron chi connectivity index (χ2n) is 7.33. The Kier molecular flexibility index (Phi) is 9.83. The van der Waals surface area contributed by atoms with Gasteiger partial charge in [0.1, 0.15) is 6.54 Å². The molecule has 0 spiro atoms. The lowest BCUT2D eigenvalue weighted by atomic mass is 10.1. The van der Waals surface area contributed by atoms with Crippen molar-refractivity contribution in [3.8, 4) is 12.1 Å². The summed E-state index contributed by atoms with van der Waals surface area (Å²) in [6, 6.07) is 20.2. The van der Waals surface area contributed by atoms with Crippen molar-refractivity contribution in [2.45, 2.75) is 24.2 Å². The zero-order valence-corrected chi connectivity index (χ0v) is 18.7. The van der Waals surface area contributed by atoms with E-state index < -0.39 is 10.0 Å². The third-order valence-electron chi connectivity index (χ3n) is 4.99. The van der Waals surface area contributed by atoms with E-state index in [0.717, 1.165) is 17.5 Å². The summed E-state index contributed by atoms with van der Waals surface area (Å²) in [5.41, 5.74) is 1.98. The zero-order valence-electron chi connectivity index (χ0n) is 17.9. The first-order valence-corrected chi connectivity index (χ1v) is 11.8. The van der Waals surface area contributed by atoms with Crippen molar-refractivity contribution in [1.82, 2.24) is 9.80 Å². The molecule has 0 saturated carbocycles. The molecule has 0 heterocycles. The van der Waals surface area contributed by atoms with E-state index >= 15 is 0 Å². The molecule has 32 heavy (non-hydrogen) atoms. The summed E-state index contributed by atoms with van der Waals surface area (Å²) in [6.07, 6.45) is 1.55. The highest BCUT2D eigenvalue weighted by Crippen LogP contribution is 2.10. The molecule has 0 aliphatic heterocycles. The van der Waals surface area contributed by atoms with Gasteiger partial charge in [-0.25, -0.2) is 13.6 Å². The second kappa shape index (κ2) is 12.6. The van der Waals surface area contributed by atoms with E-state index in [2.05, 4.69) is 6.07 Å². The Labute approximate surface area is 189 Å². The second-order valence-corrected chi connectivity index (χ2v) is 8.89. The zero-order chi connectivity index (χ0) is 23.4. The SMILES string of the molecule is N#CCCN(CCc1ccccc1)CC(=O)N(CC#N)CCc1ccc(S(N)(=O)=O)cc1. The lowest BCUT2D eigenvalue weighted by molar-refractivity contribution is -0.131. The summed E-state index contributed by atoms with van der Waals surface area (Å²) in [6.45, 7) is 1.52. The maximum atomic E-state index is 12.9. The summed E-state index contributed by atoms with van der Waals surface area (Å²) in [5, 5.41) is 23.2. The molecule has 0 aromatic heterocycles. The number of carbonyl (C=O) groups excluding carboxylic acids is 1. The van der Waals surface area contributed by atoms with E-state index in [9.17, 15) is 13.2 Å². The molecule has 0 aliphatic carbocycles. The monoisotopic (exact) mass is 453 g/mol. The number of nitriles is 2. The van der Waals surface area contributed by atoms with Gasteiger partial charge < -0.3 is 4.90 Å². The van der Waals surface area contributed by atoms with Crippen molar-refractivity contribution < 1.29 is 13.2 Å². The van der Waals surface area contributed by atoms with Gasteiger partial charge in [0.2, 0.25) is 15.9 Å². The third kappa shape index (κ3) is 8.48. The minimum atomic E-state index is -3.76. The molecule has 0 aliphatic rings. The molecule has 0 atom stereocenters. The van der Waals surface area contributed by atoms with Gasteiger partial charge in [-0.1, -0.05) is 42.5 Å². The summed E-state index contributed by atoms with van der Waals surface area (Å²) < 4.78 is 22.7. The van der Waals surface area contributed by atoms with Crippen molar-refractivity contribution in [2.75, 3.05) is 32.7 Å². The van der Waals surface area contributed by atoms with Crippen molar-refractivity contribution in [1.29, 1.82) is 10.5 Å². The quantitative estimate of drug-likeness (QED) is 0.487. The first-order chi connectivity index (χ1) is 15.3. The van der Waals surface area contributed by atoms with Crippen LogP contribution >= 0.6 is 0 Å². The fraction of sp³-hybridized carbons (Fsp3) is 0.348. The van der Waals surface area contributed by atoms with Crippen LogP contribution in [-0.4, -0.2) is 56.8 Å². The minimum Gasteiger partial charge on any atom is -0.328 e. The average molecular weight is 454 g/mol. The molecule has 2 rings (SSSR count). The van der Waals surface area contributed by atoms with Gasteiger partial charge in [-0.2, -0.15) is 10.5 Å². The molecule has 2 aromatic carbocycles. The summed E-state index contributed by atoms with van der Waals surface area (Å²) in [7, 11) is -3.76. The minimum absolute atomic E-state index is 0.0257. The standard InChI is InChI=1S/C23H27N5O3S/c24-13-4-15-27(16-11-20-5-2-1-3-6-20)19-23(29)28(18-14-25)17-12-21-7-9-22(10-8-21)32(26,30)31/h1-3,5-10H,4,11-12,15-19H2,(H2,26,30,31). The molecule has 9 heteroatoms. The summed E-state index contributed by atoms with van der Waals surface area (Å²) in [5.74, 6) is -0.182. The molecule has 168 valence electrons. The highest BCUT2D eigenvalue weighted by molar-refractivity contribution is 7.89. The smallest absolute Gasteiger partial charge is 0.238 e. The molecular weight excluding hydrogens is 426 g/mol. The number of carbonyl (C=O) groups is 1. The molecule has 0 saturated heterocycles. The average Bonchev–Trinajstić information content (AvgIpc) is 2.78. The number of rotatable bonds is 12. The van der Waals surface area contributed by atoms with Crippen LogP contribution in [0.4, 0.5) is 0 Å². The number of hydrogen-bond acceptors (Lipinski definition) is 6. The van der Waals surface area contributed by atoms with Gasteiger partial charge in [-0.15, -0.1) is 0 Å². The van der Waals surface area contributed by atoms with Gasteiger partial charge in [-0.05, 0) is 36.1 Å². The molecule has 0 bridgehead atoms. The molecule has 1 amide bonds. The molecule has 0 radical (unpaired) electrons.